The Bertz CT molecular complexity index is 576. The molecule has 1 saturated carbocycles. The zero-order valence-corrected chi connectivity index (χ0v) is 16.3. The molecule has 1 aliphatic carbocycles. The number of esters is 1. The van der Waals surface area contributed by atoms with Crippen LogP contribution in [0.5, 0.6) is 0 Å². The summed E-state index contributed by atoms with van der Waals surface area (Å²) in [5, 5.41) is 12.7. The molecule has 152 valence electrons. The summed E-state index contributed by atoms with van der Waals surface area (Å²) in [6.45, 7) is 6.30. The van der Waals surface area contributed by atoms with Crippen LogP contribution in [0, 0.1) is 0 Å². The first-order valence-electron chi connectivity index (χ1n) is 9.64. The highest BCUT2D eigenvalue weighted by Gasteiger charge is 2.54. The molecule has 1 heterocycles. The molecular formula is C19H31N3O5. The van der Waals surface area contributed by atoms with Gasteiger partial charge in [-0.05, 0) is 39.0 Å². The van der Waals surface area contributed by atoms with E-state index in [-0.39, 0.29) is 25.5 Å². The summed E-state index contributed by atoms with van der Waals surface area (Å²) < 4.78 is 5.03. The molecule has 2 atom stereocenters. The van der Waals surface area contributed by atoms with E-state index in [1.807, 2.05) is 6.08 Å². The van der Waals surface area contributed by atoms with Crippen molar-refractivity contribution in [3.8, 4) is 0 Å². The van der Waals surface area contributed by atoms with Crippen LogP contribution in [0.25, 0.3) is 0 Å². The topological polar surface area (TPSA) is 99.2 Å². The lowest BCUT2D eigenvalue weighted by molar-refractivity contribution is -0.146. The zero-order chi connectivity index (χ0) is 20.0. The number of carbonyl (C=O) groups is 3. The van der Waals surface area contributed by atoms with Gasteiger partial charge in [0.15, 0.2) is 0 Å². The van der Waals surface area contributed by atoms with Crippen LogP contribution >= 0.6 is 0 Å². The molecule has 1 saturated heterocycles. The summed E-state index contributed by atoms with van der Waals surface area (Å²) in [4.78, 5) is 40.5. The lowest BCUT2D eigenvalue weighted by atomic mass is 10.1. The van der Waals surface area contributed by atoms with Gasteiger partial charge < -0.3 is 25.0 Å². The van der Waals surface area contributed by atoms with Gasteiger partial charge in [-0.2, -0.15) is 0 Å². The first kappa shape index (κ1) is 21.2. The standard InChI is InChI=1S/C19H31N3O5/c1-4-6-7-8-11-21(3)16(24)15-12-14(23)13-22(15)18(26)20-19(9-10-19)17(25)27-5-2/h4,14-15,23H,1,5-13H2,2-3H3,(H,20,26)/t14-,15-/m0/s1. The summed E-state index contributed by atoms with van der Waals surface area (Å²) in [6, 6.07) is -1.22. The Morgan fingerprint density at radius 2 is 2.07 bits per heavy atom. The van der Waals surface area contributed by atoms with Crippen molar-refractivity contribution in [1.82, 2.24) is 15.1 Å². The highest BCUT2D eigenvalue weighted by atomic mass is 16.5. The number of ether oxygens (including phenoxy) is 1. The van der Waals surface area contributed by atoms with Gasteiger partial charge in [0.05, 0.1) is 12.7 Å². The number of aliphatic hydroxyl groups is 1. The van der Waals surface area contributed by atoms with E-state index in [1.165, 1.54) is 4.90 Å². The number of hydrogen-bond acceptors (Lipinski definition) is 5. The number of hydrogen-bond donors (Lipinski definition) is 2. The molecule has 8 heteroatoms. The van der Waals surface area contributed by atoms with Crippen molar-refractivity contribution >= 4 is 17.9 Å². The van der Waals surface area contributed by atoms with Crippen molar-refractivity contribution in [1.29, 1.82) is 0 Å². The maximum Gasteiger partial charge on any atom is 0.331 e. The zero-order valence-electron chi connectivity index (χ0n) is 16.3. The van der Waals surface area contributed by atoms with Gasteiger partial charge in [-0.15, -0.1) is 6.58 Å². The Balaban J connectivity index is 1.96. The van der Waals surface area contributed by atoms with E-state index >= 15 is 0 Å². The molecule has 8 nitrogen and oxygen atoms in total. The molecule has 0 aromatic rings. The second kappa shape index (κ2) is 9.21. The van der Waals surface area contributed by atoms with Crippen molar-refractivity contribution in [3.63, 3.8) is 0 Å². The third kappa shape index (κ3) is 5.22. The van der Waals surface area contributed by atoms with E-state index in [0.29, 0.717) is 19.4 Å². The Morgan fingerprint density at radius 1 is 1.37 bits per heavy atom. The predicted octanol–water partition coefficient (Wildman–Crippen LogP) is 1.04. The number of rotatable bonds is 9. The van der Waals surface area contributed by atoms with E-state index in [1.54, 1.807) is 18.9 Å². The van der Waals surface area contributed by atoms with E-state index in [0.717, 1.165) is 19.3 Å². The second-order valence-corrected chi connectivity index (χ2v) is 7.33. The van der Waals surface area contributed by atoms with Gasteiger partial charge in [-0.3, -0.25) is 4.79 Å². The highest BCUT2D eigenvalue weighted by molar-refractivity contribution is 5.92. The fraction of sp³-hybridized carbons (Fsp3) is 0.737. The van der Waals surface area contributed by atoms with Crippen molar-refractivity contribution in [3.05, 3.63) is 12.7 Å². The quantitative estimate of drug-likeness (QED) is 0.353. The number of β-amino-alcohol motifs (C(OH)–C–C–N with tert-alkyl or cyclic N) is 1. The maximum absolute atomic E-state index is 12.8. The minimum atomic E-state index is -0.981. The van der Waals surface area contributed by atoms with Crippen molar-refractivity contribution in [2.75, 3.05) is 26.7 Å². The average Bonchev–Trinajstić information content (AvgIpc) is 3.31. The normalized spacial score (nSPS) is 22.9. The summed E-state index contributed by atoms with van der Waals surface area (Å²) in [7, 11) is 1.71. The van der Waals surface area contributed by atoms with Crippen LogP contribution in [0.1, 0.15) is 45.4 Å². The largest absolute Gasteiger partial charge is 0.464 e. The first-order chi connectivity index (χ1) is 12.8. The number of nitrogens with zero attached hydrogens (tertiary/aromatic N) is 2. The molecular weight excluding hydrogens is 350 g/mol. The van der Waals surface area contributed by atoms with Crippen LogP contribution in [0.3, 0.4) is 0 Å². The summed E-state index contributed by atoms with van der Waals surface area (Å²) in [6.07, 6.45) is 5.04. The molecule has 0 aromatic carbocycles. The number of likely N-dealkylation sites (tertiary alicyclic amines) is 1. The molecule has 1 aliphatic heterocycles. The SMILES string of the molecule is C=CCCCCN(C)C(=O)[C@@H]1C[C@H](O)CN1C(=O)NC1(C(=O)OCC)CC1. The van der Waals surface area contributed by atoms with Gasteiger partial charge in [0.1, 0.15) is 11.6 Å². The minimum Gasteiger partial charge on any atom is -0.464 e. The van der Waals surface area contributed by atoms with Crippen LogP contribution < -0.4 is 5.32 Å². The molecule has 2 aliphatic rings. The number of urea groups is 1. The van der Waals surface area contributed by atoms with Gasteiger partial charge >= 0.3 is 12.0 Å². The van der Waals surface area contributed by atoms with Crippen LogP contribution in [-0.4, -0.2) is 77.2 Å². The first-order valence-corrected chi connectivity index (χ1v) is 9.64. The molecule has 0 aromatic heterocycles. The number of likely N-dealkylation sites (N-methyl/N-ethyl adjacent to an activating group) is 1. The van der Waals surface area contributed by atoms with Crippen molar-refractivity contribution in [2.45, 2.75) is 63.1 Å². The van der Waals surface area contributed by atoms with Crippen molar-refractivity contribution in [2.24, 2.45) is 0 Å². The Kier molecular flexibility index (Phi) is 7.24. The molecule has 0 bridgehead atoms. The predicted molar refractivity (Wildman–Crippen MR) is 99.9 cm³/mol. The van der Waals surface area contributed by atoms with Gasteiger partial charge in [0, 0.05) is 26.6 Å². The summed E-state index contributed by atoms with van der Waals surface area (Å²) in [5.41, 5.74) is -0.981. The second-order valence-electron chi connectivity index (χ2n) is 7.33. The van der Waals surface area contributed by atoms with Crippen molar-refractivity contribution < 1.29 is 24.2 Å². The molecule has 3 amide bonds. The number of allylic oxidation sites excluding steroid dienone is 1. The lowest BCUT2D eigenvalue weighted by Gasteiger charge is -2.29. The van der Waals surface area contributed by atoms with E-state index in [4.69, 9.17) is 4.74 Å². The highest BCUT2D eigenvalue weighted by Crippen LogP contribution is 2.37. The van der Waals surface area contributed by atoms with Crippen LogP contribution in [0.2, 0.25) is 0 Å². The number of nitrogens with one attached hydrogen (secondary N) is 1. The van der Waals surface area contributed by atoms with Gasteiger partial charge in [-0.25, -0.2) is 9.59 Å². The third-order valence-corrected chi connectivity index (χ3v) is 5.12. The van der Waals surface area contributed by atoms with Crippen LogP contribution in [-0.2, 0) is 14.3 Å². The van der Waals surface area contributed by atoms with Gasteiger partial charge in [0.25, 0.3) is 0 Å². The molecule has 27 heavy (non-hydrogen) atoms. The maximum atomic E-state index is 12.8. The average molecular weight is 381 g/mol. The third-order valence-electron chi connectivity index (χ3n) is 5.12. The number of aliphatic hydroxyl groups excluding tert-OH is 1. The summed E-state index contributed by atoms with van der Waals surface area (Å²) in [5.74, 6) is -0.637. The number of carbonyl (C=O) groups excluding carboxylic acids is 3. The van der Waals surface area contributed by atoms with Crippen LogP contribution in [0.4, 0.5) is 4.79 Å². The van der Waals surface area contributed by atoms with Gasteiger partial charge in [0.2, 0.25) is 5.91 Å². The van der Waals surface area contributed by atoms with Crippen LogP contribution in [0.15, 0.2) is 12.7 Å². The number of amides is 3. The van der Waals surface area contributed by atoms with Gasteiger partial charge in [-0.1, -0.05) is 6.08 Å². The van der Waals surface area contributed by atoms with E-state index in [9.17, 15) is 19.5 Å². The monoisotopic (exact) mass is 381 g/mol. The molecule has 2 N–H and O–H groups in total. The summed E-state index contributed by atoms with van der Waals surface area (Å²) >= 11 is 0. The fourth-order valence-electron chi connectivity index (χ4n) is 3.33. The molecule has 2 fully saturated rings. The minimum absolute atomic E-state index is 0.0749. The molecule has 0 unspecified atom stereocenters. The molecule has 0 spiro atoms. The lowest BCUT2D eigenvalue weighted by Crippen LogP contribution is -2.54. The fourth-order valence-corrected chi connectivity index (χ4v) is 3.33. The molecule has 2 rings (SSSR count). The Morgan fingerprint density at radius 3 is 2.67 bits per heavy atom. The Hall–Kier alpha value is -2.09. The van der Waals surface area contributed by atoms with E-state index < -0.39 is 29.7 Å². The number of unbranched alkanes of at least 4 members (excludes halogenated alkanes) is 2. The van der Waals surface area contributed by atoms with E-state index in [2.05, 4.69) is 11.9 Å². The Labute approximate surface area is 160 Å². The molecule has 0 radical (unpaired) electrons. The smallest absolute Gasteiger partial charge is 0.331 e.